The molecule has 0 unspecified atom stereocenters. The maximum absolute atomic E-state index is 11.9. The standard InChI is InChI=1S/C17H17NO2/c1-20-17(19)15-8-4-5-9-16(15)18-11-10-13-6-2-3-7-14(13)12-18/h2-9H,10-12H2,1H3. The molecule has 2 aromatic carbocycles. The maximum Gasteiger partial charge on any atom is 0.339 e. The Morgan fingerprint density at radius 3 is 2.55 bits per heavy atom. The molecule has 3 nitrogen and oxygen atoms in total. The average molecular weight is 267 g/mol. The fourth-order valence-electron chi connectivity index (χ4n) is 2.73. The smallest absolute Gasteiger partial charge is 0.339 e. The Morgan fingerprint density at radius 1 is 1.05 bits per heavy atom. The monoisotopic (exact) mass is 267 g/mol. The summed E-state index contributed by atoms with van der Waals surface area (Å²) in [6.07, 6.45) is 1.01. The second-order valence-electron chi connectivity index (χ2n) is 4.95. The number of carbonyl (C=O) groups is 1. The molecule has 0 saturated heterocycles. The van der Waals surface area contributed by atoms with Crippen LogP contribution >= 0.6 is 0 Å². The number of hydrogen-bond donors (Lipinski definition) is 0. The van der Waals surface area contributed by atoms with E-state index in [1.165, 1.54) is 18.2 Å². The Kier molecular flexibility index (Phi) is 3.42. The number of fused-ring (bicyclic) bond motifs is 1. The molecule has 2 aromatic rings. The van der Waals surface area contributed by atoms with Crippen LogP contribution in [0.4, 0.5) is 5.69 Å². The highest BCUT2D eigenvalue weighted by Crippen LogP contribution is 2.27. The van der Waals surface area contributed by atoms with Gasteiger partial charge in [-0.2, -0.15) is 0 Å². The minimum Gasteiger partial charge on any atom is -0.465 e. The van der Waals surface area contributed by atoms with Gasteiger partial charge in [0.05, 0.1) is 18.4 Å². The minimum atomic E-state index is -0.278. The summed E-state index contributed by atoms with van der Waals surface area (Å²) in [6.45, 7) is 1.76. The van der Waals surface area contributed by atoms with E-state index in [2.05, 4.69) is 29.2 Å². The SMILES string of the molecule is COC(=O)c1ccccc1N1CCc2ccccc2C1. The van der Waals surface area contributed by atoms with Gasteiger partial charge in [0.15, 0.2) is 0 Å². The van der Waals surface area contributed by atoms with Gasteiger partial charge in [-0.3, -0.25) is 0 Å². The van der Waals surface area contributed by atoms with Crippen LogP contribution in [-0.4, -0.2) is 19.6 Å². The summed E-state index contributed by atoms with van der Waals surface area (Å²) in [7, 11) is 1.42. The zero-order valence-corrected chi connectivity index (χ0v) is 11.5. The van der Waals surface area contributed by atoms with E-state index in [0.717, 1.165) is 25.2 Å². The topological polar surface area (TPSA) is 29.5 Å². The highest BCUT2D eigenvalue weighted by atomic mass is 16.5. The lowest BCUT2D eigenvalue weighted by Crippen LogP contribution is -2.31. The quantitative estimate of drug-likeness (QED) is 0.783. The third-order valence-corrected chi connectivity index (χ3v) is 3.78. The predicted molar refractivity (Wildman–Crippen MR) is 79.0 cm³/mol. The fraction of sp³-hybridized carbons (Fsp3) is 0.235. The van der Waals surface area contributed by atoms with Gasteiger partial charge in [0.25, 0.3) is 0 Å². The van der Waals surface area contributed by atoms with E-state index in [9.17, 15) is 4.79 Å². The first-order valence-corrected chi connectivity index (χ1v) is 6.78. The molecule has 0 aromatic heterocycles. The summed E-state index contributed by atoms with van der Waals surface area (Å²) >= 11 is 0. The van der Waals surface area contributed by atoms with Gasteiger partial charge in [-0.25, -0.2) is 4.79 Å². The molecule has 3 heteroatoms. The Balaban J connectivity index is 1.94. The molecule has 0 saturated carbocycles. The van der Waals surface area contributed by atoms with Crippen molar-refractivity contribution < 1.29 is 9.53 Å². The molecule has 0 bridgehead atoms. The number of hydrogen-bond acceptors (Lipinski definition) is 3. The first-order chi connectivity index (χ1) is 9.79. The van der Waals surface area contributed by atoms with Gasteiger partial charge in [-0.15, -0.1) is 0 Å². The lowest BCUT2D eigenvalue weighted by molar-refractivity contribution is 0.0601. The van der Waals surface area contributed by atoms with E-state index in [1.54, 1.807) is 0 Å². The van der Waals surface area contributed by atoms with Crippen molar-refractivity contribution in [2.24, 2.45) is 0 Å². The number of para-hydroxylation sites is 1. The molecule has 0 amide bonds. The van der Waals surface area contributed by atoms with Gasteiger partial charge in [-0.05, 0) is 29.7 Å². The molecular formula is C17H17NO2. The van der Waals surface area contributed by atoms with Crippen molar-refractivity contribution >= 4 is 11.7 Å². The summed E-state index contributed by atoms with van der Waals surface area (Å²) in [4.78, 5) is 14.1. The summed E-state index contributed by atoms with van der Waals surface area (Å²) in [5, 5.41) is 0. The van der Waals surface area contributed by atoms with Crippen LogP contribution in [0, 0.1) is 0 Å². The highest BCUT2D eigenvalue weighted by molar-refractivity contribution is 5.95. The predicted octanol–water partition coefficient (Wildman–Crippen LogP) is 3.04. The zero-order valence-electron chi connectivity index (χ0n) is 11.5. The lowest BCUT2D eigenvalue weighted by atomic mass is 9.99. The Labute approximate surface area is 118 Å². The average Bonchev–Trinajstić information content (AvgIpc) is 2.53. The largest absolute Gasteiger partial charge is 0.465 e. The van der Waals surface area contributed by atoms with Crippen molar-refractivity contribution in [3.05, 3.63) is 65.2 Å². The van der Waals surface area contributed by atoms with Gasteiger partial charge in [-0.1, -0.05) is 36.4 Å². The molecular weight excluding hydrogens is 250 g/mol. The van der Waals surface area contributed by atoms with Crippen molar-refractivity contribution in [2.45, 2.75) is 13.0 Å². The van der Waals surface area contributed by atoms with Crippen LogP contribution in [0.5, 0.6) is 0 Å². The van der Waals surface area contributed by atoms with Gasteiger partial charge < -0.3 is 9.64 Å². The molecule has 0 aliphatic carbocycles. The van der Waals surface area contributed by atoms with Crippen LogP contribution in [-0.2, 0) is 17.7 Å². The molecule has 1 heterocycles. The van der Waals surface area contributed by atoms with E-state index in [1.807, 2.05) is 24.3 Å². The number of anilines is 1. The van der Waals surface area contributed by atoms with E-state index in [0.29, 0.717) is 5.56 Å². The van der Waals surface area contributed by atoms with E-state index < -0.39 is 0 Å². The highest BCUT2D eigenvalue weighted by Gasteiger charge is 2.20. The number of nitrogens with zero attached hydrogens (tertiary/aromatic N) is 1. The molecule has 0 spiro atoms. The number of ether oxygens (including phenoxy) is 1. The van der Waals surface area contributed by atoms with Gasteiger partial charge >= 0.3 is 5.97 Å². The van der Waals surface area contributed by atoms with Crippen LogP contribution in [0.3, 0.4) is 0 Å². The number of methoxy groups -OCH3 is 1. The fourth-order valence-corrected chi connectivity index (χ4v) is 2.73. The molecule has 0 atom stereocenters. The lowest BCUT2D eigenvalue weighted by Gasteiger charge is -2.31. The normalized spacial score (nSPS) is 13.8. The van der Waals surface area contributed by atoms with Crippen molar-refractivity contribution in [2.75, 3.05) is 18.6 Å². The Hall–Kier alpha value is -2.29. The van der Waals surface area contributed by atoms with Crippen molar-refractivity contribution in [1.82, 2.24) is 0 Å². The summed E-state index contributed by atoms with van der Waals surface area (Å²) in [5.41, 5.74) is 4.32. The number of benzene rings is 2. The van der Waals surface area contributed by atoms with Crippen LogP contribution in [0.1, 0.15) is 21.5 Å². The first-order valence-electron chi connectivity index (χ1n) is 6.78. The molecule has 0 radical (unpaired) electrons. The molecule has 0 N–H and O–H groups in total. The summed E-state index contributed by atoms with van der Waals surface area (Å²) in [5.74, 6) is -0.278. The number of esters is 1. The van der Waals surface area contributed by atoms with E-state index in [4.69, 9.17) is 4.74 Å². The van der Waals surface area contributed by atoms with E-state index in [-0.39, 0.29) is 5.97 Å². The number of rotatable bonds is 2. The summed E-state index contributed by atoms with van der Waals surface area (Å²) < 4.78 is 4.87. The van der Waals surface area contributed by atoms with Crippen LogP contribution in [0.2, 0.25) is 0 Å². The van der Waals surface area contributed by atoms with Gasteiger partial charge in [0.2, 0.25) is 0 Å². The second kappa shape index (κ2) is 5.37. The second-order valence-corrected chi connectivity index (χ2v) is 4.95. The Morgan fingerprint density at radius 2 is 1.75 bits per heavy atom. The molecule has 20 heavy (non-hydrogen) atoms. The van der Waals surface area contributed by atoms with Crippen LogP contribution in [0.25, 0.3) is 0 Å². The van der Waals surface area contributed by atoms with Crippen molar-refractivity contribution in [3.63, 3.8) is 0 Å². The van der Waals surface area contributed by atoms with E-state index >= 15 is 0 Å². The molecule has 1 aliphatic rings. The maximum atomic E-state index is 11.9. The van der Waals surface area contributed by atoms with Crippen LogP contribution < -0.4 is 4.90 Å². The molecule has 1 aliphatic heterocycles. The van der Waals surface area contributed by atoms with Gasteiger partial charge in [0.1, 0.15) is 0 Å². The van der Waals surface area contributed by atoms with Crippen molar-refractivity contribution in [1.29, 1.82) is 0 Å². The molecule has 102 valence electrons. The molecule has 3 rings (SSSR count). The van der Waals surface area contributed by atoms with Crippen molar-refractivity contribution in [3.8, 4) is 0 Å². The minimum absolute atomic E-state index is 0.278. The third kappa shape index (κ3) is 2.27. The molecule has 0 fully saturated rings. The number of carbonyl (C=O) groups excluding carboxylic acids is 1. The first kappa shape index (κ1) is 12.7. The Bertz CT molecular complexity index is 636. The van der Waals surface area contributed by atoms with Gasteiger partial charge in [0, 0.05) is 13.1 Å². The zero-order chi connectivity index (χ0) is 13.9. The third-order valence-electron chi connectivity index (χ3n) is 3.78. The van der Waals surface area contributed by atoms with Crippen LogP contribution in [0.15, 0.2) is 48.5 Å². The summed E-state index contributed by atoms with van der Waals surface area (Å²) in [6, 6.07) is 16.1.